The Labute approximate surface area is 138 Å². The van der Waals surface area contributed by atoms with Crippen molar-refractivity contribution in [1.29, 1.82) is 0 Å². The van der Waals surface area contributed by atoms with Crippen LogP contribution in [0.25, 0.3) is 0 Å². The molecule has 1 aromatic rings. The van der Waals surface area contributed by atoms with Crippen molar-refractivity contribution in [3.8, 4) is 0 Å². The van der Waals surface area contributed by atoms with Crippen LogP contribution in [0, 0.1) is 0 Å². The highest BCUT2D eigenvalue weighted by molar-refractivity contribution is 6.31. The van der Waals surface area contributed by atoms with Gasteiger partial charge in [-0.2, -0.15) is 0 Å². The Bertz CT molecular complexity index is 674. The number of carboxylic acid groups (broad SMARTS) is 1. The first-order chi connectivity index (χ1) is 10.5. The van der Waals surface area contributed by atoms with Crippen molar-refractivity contribution in [2.45, 2.75) is 44.8 Å². The number of rotatable bonds is 4. The molecular weight excluding hydrogens is 322 g/mol. The second kappa shape index (κ2) is 5.85. The average molecular weight is 340 g/mol. The van der Waals surface area contributed by atoms with Gasteiger partial charge in [-0.05, 0) is 51.8 Å². The summed E-state index contributed by atoms with van der Waals surface area (Å²) in [6, 6.07) is 3.99. The summed E-state index contributed by atoms with van der Waals surface area (Å²) in [5.74, 6) is -1.69. The molecule has 124 valence electrons. The predicted molar refractivity (Wildman–Crippen MR) is 84.1 cm³/mol. The largest absolute Gasteiger partial charge is 0.478 e. The van der Waals surface area contributed by atoms with Gasteiger partial charge in [-0.3, -0.25) is 4.79 Å². The van der Waals surface area contributed by atoms with Crippen LogP contribution in [0.4, 0.5) is 4.79 Å². The zero-order valence-corrected chi connectivity index (χ0v) is 13.9. The van der Waals surface area contributed by atoms with E-state index in [2.05, 4.69) is 5.32 Å². The molecule has 23 heavy (non-hydrogen) atoms. The lowest BCUT2D eigenvalue weighted by molar-refractivity contribution is 0.0482. The van der Waals surface area contributed by atoms with Gasteiger partial charge in [0.05, 0.1) is 5.56 Å². The van der Waals surface area contributed by atoms with Gasteiger partial charge in [-0.25, -0.2) is 9.59 Å². The molecule has 1 aliphatic carbocycles. The third-order valence-electron chi connectivity index (χ3n) is 3.38. The van der Waals surface area contributed by atoms with E-state index in [1.54, 1.807) is 20.8 Å². The molecule has 0 radical (unpaired) electrons. The first-order valence-corrected chi connectivity index (χ1v) is 7.51. The lowest BCUT2D eigenvalue weighted by Gasteiger charge is -2.23. The molecule has 0 aliphatic heterocycles. The lowest BCUT2D eigenvalue weighted by atomic mass is 9.97. The molecule has 1 amide bonds. The number of hydrogen-bond acceptors (Lipinski definition) is 4. The quantitative estimate of drug-likeness (QED) is 0.821. The monoisotopic (exact) mass is 339 g/mol. The second-order valence-electron chi connectivity index (χ2n) is 6.53. The molecule has 6 nitrogen and oxygen atoms in total. The summed E-state index contributed by atoms with van der Waals surface area (Å²) in [4.78, 5) is 35.9. The highest BCUT2D eigenvalue weighted by atomic mass is 35.5. The van der Waals surface area contributed by atoms with Crippen molar-refractivity contribution in [1.82, 2.24) is 5.32 Å². The Balaban J connectivity index is 2.25. The number of carbonyl (C=O) groups excluding carboxylic acids is 2. The third kappa shape index (κ3) is 4.01. The molecule has 0 atom stereocenters. The Morgan fingerprint density at radius 3 is 2.30 bits per heavy atom. The predicted octanol–water partition coefficient (Wildman–Crippen LogP) is 3.28. The van der Waals surface area contributed by atoms with Gasteiger partial charge in [0.25, 0.3) is 0 Å². The minimum Gasteiger partial charge on any atom is -0.478 e. The highest BCUT2D eigenvalue weighted by Crippen LogP contribution is 2.40. The van der Waals surface area contributed by atoms with Crippen molar-refractivity contribution in [2.24, 2.45) is 0 Å². The fourth-order valence-corrected chi connectivity index (χ4v) is 2.35. The van der Waals surface area contributed by atoms with Crippen LogP contribution >= 0.6 is 11.6 Å². The first-order valence-electron chi connectivity index (χ1n) is 7.13. The molecule has 7 heteroatoms. The summed E-state index contributed by atoms with van der Waals surface area (Å²) in [5, 5.41) is 12.0. The van der Waals surface area contributed by atoms with Gasteiger partial charge in [0.15, 0.2) is 5.78 Å². The number of carboxylic acids is 1. The van der Waals surface area contributed by atoms with Crippen LogP contribution in [0.5, 0.6) is 0 Å². The molecule has 2 N–H and O–H groups in total. The van der Waals surface area contributed by atoms with Crippen LogP contribution in [0.2, 0.25) is 5.02 Å². The second-order valence-corrected chi connectivity index (χ2v) is 6.97. The number of benzene rings is 1. The van der Waals surface area contributed by atoms with Crippen LogP contribution in [0.1, 0.15) is 54.3 Å². The van der Waals surface area contributed by atoms with Gasteiger partial charge in [-0.15, -0.1) is 0 Å². The maximum atomic E-state index is 12.7. The van der Waals surface area contributed by atoms with Crippen molar-refractivity contribution in [3.63, 3.8) is 0 Å². The number of ketones is 1. The van der Waals surface area contributed by atoms with E-state index >= 15 is 0 Å². The van der Waals surface area contributed by atoms with Crippen LogP contribution < -0.4 is 5.32 Å². The number of carbonyl (C=O) groups is 3. The summed E-state index contributed by atoms with van der Waals surface area (Å²) in [7, 11) is 0. The standard InChI is InChI=1S/C16H18ClNO5/c1-15(2,3)23-14(22)18-16(6-7-16)12(19)11-8-9(17)4-5-10(11)13(20)21/h4-5,8H,6-7H2,1-3H3,(H,18,22)(H,20,21). The number of aromatic carboxylic acids is 1. The zero-order valence-electron chi connectivity index (χ0n) is 13.1. The summed E-state index contributed by atoms with van der Waals surface area (Å²) >= 11 is 5.87. The van der Waals surface area contributed by atoms with E-state index in [1.165, 1.54) is 18.2 Å². The van der Waals surface area contributed by atoms with Crippen LogP contribution in [0.15, 0.2) is 18.2 Å². The van der Waals surface area contributed by atoms with Gasteiger partial charge in [0, 0.05) is 10.6 Å². The van der Waals surface area contributed by atoms with E-state index < -0.39 is 29.0 Å². The fourth-order valence-electron chi connectivity index (χ4n) is 2.18. The topological polar surface area (TPSA) is 92.7 Å². The van der Waals surface area contributed by atoms with Crippen LogP contribution in [-0.2, 0) is 4.74 Å². The molecule has 1 fully saturated rings. The number of alkyl carbamates (subject to hydrolysis) is 1. The fraction of sp³-hybridized carbons (Fsp3) is 0.438. The Hall–Kier alpha value is -2.08. The molecular formula is C16H18ClNO5. The van der Waals surface area contributed by atoms with Crippen molar-refractivity contribution < 1.29 is 24.2 Å². The summed E-state index contributed by atoms with van der Waals surface area (Å²) in [6.45, 7) is 5.15. The number of halogens is 1. The molecule has 2 rings (SSSR count). The lowest BCUT2D eigenvalue weighted by Crippen LogP contribution is -2.45. The third-order valence-corrected chi connectivity index (χ3v) is 3.62. The normalized spacial score (nSPS) is 15.7. The number of Topliss-reactive ketones (excluding diaryl/α,β-unsaturated/α-hetero) is 1. The number of nitrogens with one attached hydrogen (secondary N) is 1. The first kappa shape index (κ1) is 17.3. The van der Waals surface area contributed by atoms with Crippen molar-refractivity contribution in [3.05, 3.63) is 34.3 Å². The van der Waals surface area contributed by atoms with Crippen molar-refractivity contribution in [2.75, 3.05) is 0 Å². The Morgan fingerprint density at radius 1 is 1.22 bits per heavy atom. The number of amides is 1. The molecule has 0 heterocycles. The van der Waals surface area contributed by atoms with E-state index in [-0.39, 0.29) is 16.1 Å². The number of hydrogen-bond donors (Lipinski definition) is 2. The van der Waals surface area contributed by atoms with Gasteiger partial charge < -0.3 is 15.2 Å². The van der Waals surface area contributed by atoms with Gasteiger partial charge >= 0.3 is 12.1 Å². The Morgan fingerprint density at radius 2 is 1.83 bits per heavy atom. The maximum Gasteiger partial charge on any atom is 0.408 e. The molecule has 0 spiro atoms. The smallest absolute Gasteiger partial charge is 0.408 e. The van der Waals surface area contributed by atoms with E-state index in [0.29, 0.717) is 12.8 Å². The highest BCUT2D eigenvalue weighted by Gasteiger charge is 2.52. The minimum atomic E-state index is -1.22. The van der Waals surface area contributed by atoms with E-state index in [0.717, 1.165) is 0 Å². The van der Waals surface area contributed by atoms with Crippen LogP contribution in [-0.4, -0.2) is 34.1 Å². The van der Waals surface area contributed by atoms with E-state index in [9.17, 15) is 19.5 Å². The van der Waals surface area contributed by atoms with Crippen LogP contribution in [0.3, 0.4) is 0 Å². The van der Waals surface area contributed by atoms with E-state index in [4.69, 9.17) is 16.3 Å². The molecule has 1 saturated carbocycles. The average Bonchev–Trinajstić information content (AvgIpc) is 3.15. The molecule has 1 aliphatic rings. The van der Waals surface area contributed by atoms with Gasteiger partial charge in [-0.1, -0.05) is 11.6 Å². The molecule has 0 aromatic heterocycles. The number of ether oxygens (including phenoxy) is 1. The summed E-state index contributed by atoms with van der Waals surface area (Å²) < 4.78 is 5.16. The molecule has 0 bridgehead atoms. The Kier molecular flexibility index (Phi) is 4.39. The van der Waals surface area contributed by atoms with E-state index in [1.807, 2.05) is 0 Å². The maximum absolute atomic E-state index is 12.7. The summed E-state index contributed by atoms with van der Waals surface area (Å²) in [6.07, 6.45) is 0.148. The SMILES string of the molecule is CC(C)(C)OC(=O)NC1(C(=O)c2cc(Cl)ccc2C(=O)O)CC1. The van der Waals surface area contributed by atoms with Gasteiger partial charge in [0.1, 0.15) is 11.1 Å². The minimum absolute atomic E-state index is 0.0152. The van der Waals surface area contributed by atoms with Crippen molar-refractivity contribution >= 4 is 29.4 Å². The molecule has 0 saturated heterocycles. The zero-order chi connectivity index (χ0) is 17.4. The summed E-state index contributed by atoms with van der Waals surface area (Å²) in [5.41, 5.74) is -1.96. The van der Waals surface area contributed by atoms with Gasteiger partial charge in [0.2, 0.25) is 0 Å². The molecule has 0 unspecified atom stereocenters. The molecule has 1 aromatic carbocycles.